The Bertz CT molecular complexity index is 885. The predicted octanol–water partition coefficient (Wildman–Crippen LogP) is 4.84. The van der Waals surface area contributed by atoms with Gasteiger partial charge in [0.2, 0.25) is 0 Å². The summed E-state index contributed by atoms with van der Waals surface area (Å²) in [4.78, 5) is 14.9. The van der Waals surface area contributed by atoms with Crippen LogP contribution in [0, 0.1) is 25.2 Å². The Kier molecular flexibility index (Phi) is 5.93. The fraction of sp³-hybridized carbons (Fsp3) is 0.304. The lowest BCUT2D eigenvalue weighted by Crippen LogP contribution is -2.29. The van der Waals surface area contributed by atoms with Gasteiger partial charge in [0.05, 0.1) is 0 Å². The second kappa shape index (κ2) is 8.55. The van der Waals surface area contributed by atoms with Crippen molar-refractivity contribution in [1.29, 1.82) is 5.26 Å². The average Bonchev–Trinajstić information content (AvgIpc) is 2.70. The number of benzene rings is 2. The number of anilines is 2. The smallest absolute Gasteiger partial charge is 0.266 e. The zero-order valence-corrected chi connectivity index (χ0v) is 16.0. The molecular formula is C23H25N3O. The van der Waals surface area contributed by atoms with E-state index in [1.807, 2.05) is 50.2 Å². The normalized spacial score (nSPS) is 14.6. The minimum atomic E-state index is -0.383. The van der Waals surface area contributed by atoms with Crippen LogP contribution in [0.2, 0.25) is 0 Å². The molecule has 0 unspecified atom stereocenters. The molecule has 1 aliphatic rings. The molecular weight excluding hydrogens is 334 g/mol. The summed E-state index contributed by atoms with van der Waals surface area (Å²) in [6, 6.07) is 15.8. The van der Waals surface area contributed by atoms with Gasteiger partial charge in [-0.05, 0) is 74.1 Å². The molecule has 1 fully saturated rings. The van der Waals surface area contributed by atoms with Crippen LogP contribution in [-0.2, 0) is 4.79 Å². The van der Waals surface area contributed by atoms with Gasteiger partial charge in [0.25, 0.3) is 5.91 Å². The third-order valence-corrected chi connectivity index (χ3v) is 5.14. The highest BCUT2D eigenvalue weighted by molar-refractivity contribution is 6.10. The summed E-state index contributed by atoms with van der Waals surface area (Å²) in [5.74, 6) is -0.383. The van der Waals surface area contributed by atoms with E-state index in [-0.39, 0.29) is 11.5 Å². The number of nitrogens with one attached hydrogen (secondary N) is 1. The molecule has 4 heteroatoms. The summed E-state index contributed by atoms with van der Waals surface area (Å²) >= 11 is 0. The van der Waals surface area contributed by atoms with Crippen LogP contribution in [-0.4, -0.2) is 19.0 Å². The number of rotatable bonds is 4. The summed E-state index contributed by atoms with van der Waals surface area (Å²) in [5, 5.41) is 12.3. The molecule has 2 aromatic rings. The topological polar surface area (TPSA) is 56.1 Å². The SMILES string of the molecule is Cc1cccc(NC(=O)/C(C#N)=C/c2ccc(N3CCCCC3)cc2)c1C. The predicted molar refractivity (Wildman–Crippen MR) is 111 cm³/mol. The van der Waals surface area contributed by atoms with Gasteiger partial charge in [0.15, 0.2) is 0 Å². The van der Waals surface area contributed by atoms with Gasteiger partial charge < -0.3 is 10.2 Å². The number of piperidine rings is 1. The second-order valence-electron chi connectivity index (χ2n) is 7.01. The molecule has 0 bridgehead atoms. The minimum Gasteiger partial charge on any atom is -0.372 e. The molecule has 0 aliphatic carbocycles. The first-order valence-corrected chi connectivity index (χ1v) is 9.43. The van der Waals surface area contributed by atoms with Crippen LogP contribution in [0.5, 0.6) is 0 Å². The quantitative estimate of drug-likeness (QED) is 0.628. The van der Waals surface area contributed by atoms with Crippen LogP contribution in [0.15, 0.2) is 48.0 Å². The number of nitrogens with zero attached hydrogens (tertiary/aromatic N) is 2. The maximum Gasteiger partial charge on any atom is 0.266 e. The third-order valence-electron chi connectivity index (χ3n) is 5.14. The van der Waals surface area contributed by atoms with Crippen molar-refractivity contribution in [2.75, 3.05) is 23.3 Å². The Balaban J connectivity index is 1.74. The molecule has 1 saturated heterocycles. The molecule has 0 atom stereocenters. The Morgan fingerprint density at radius 3 is 2.44 bits per heavy atom. The van der Waals surface area contributed by atoms with E-state index in [9.17, 15) is 10.1 Å². The van der Waals surface area contributed by atoms with E-state index in [4.69, 9.17) is 0 Å². The number of carbonyl (C=O) groups excluding carboxylic acids is 1. The van der Waals surface area contributed by atoms with Gasteiger partial charge in [0.1, 0.15) is 11.6 Å². The lowest BCUT2D eigenvalue weighted by atomic mass is 10.1. The van der Waals surface area contributed by atoms with Crippen LogP contribution >= 0.6 is 0 Å². The molecule has 2 aromatic carbocycles. The Labute approximate surface area is 161 Å². The summed E-state index contributed by atoms with van der Waals surface area (Å²) in [5.41, 5.74) is 4.99. The highest BCUT2D eigenvalue weighted by Crippen LogP contribution is 2.22. The number of aryl methyl sites for hydroxylation is 1. The molecule has 0 saturated carbocycles. The van der Waals surface area contributed by atoms with Crippen molar-refractivity contribution in [3.8, 4) is 6.07 Å². The number of hydrogen-bond acceptors (Lipinski definition) is 3. The van der Waals surface area contributed by atoms with Crippen LogP contribution in [0.4, 0.5) is 11.4 Å². The fourth-order valence-electron chi connectivity index (χ4n) is 3.32. The van der Waals surface area contributed by atoms with Gasteiger partial charge in [-0.25, -0.2) is 0 Å². The highest BCUT2D eigenvalue weighted by Gasteiger charge is 2.13. The van der Waals surface area contributed by atoms with E-state index >= 15 is 0 Å². The molecule has 3 rings (SSSR count). The Hall–Kier alpha value is -3.06. The Morgan fingerprint density at radius 1 is 1.07 bits per heavy atom. The first-order valence-electron chi connectivity index (χ1n) is 9.43. The Morgan fingerprint density at radius 2 is 1.78 bits per heavy atom. The van der Waals surface area contributed by atoms with Crippen LogP contribution in [0.25, 0.3) is 6.08 Å². The van der Waals surface area contributed by atoms with Gasteiger partial charge in [-0.2, -0.15) is 5.26 Å². The lowest BCUT2D eigenvalue weighted by Gasteiger charge is -2.28. The van der Waals surface area contributed by atoms with Crippen LogP contribution in [0.1, 0.15) is 36.0 Å². The maximum absolute atomic E-state index is 12.5. The number of hydrogen-bond donors (Lipinski definition) is 1. The summed E-state index contributed by atoms with van der Waals surface area (Å²) in [6.07, 6.45) is 5.41. The van der Waals surface area contributed by atoms with E-state index in [0.717, 1.165) is 35.5 Å². The zero-order valence-electron chi connectivity index (χ0n) is 16.0. The van der Waals surface area contributed by atoms with Crippen LogP contribution < -0.4 is 10.2 Å². The first-order chi connectivity index (χ1) is 13.1. The van der Waals surface area contributed by atoms with Crippen molar-refractivity contribution in [1.82, 2.24) is 0 Å². The van der Waals surface area contributed by atoms with Gasteiger partial charge in [-0.15, -0.1) is 0 Å². The van der Waals surface area contributed by atoms with Crippen molar-refractivity contribution in [2.45, 2.75) is 33.1 Å². The highest BCUT2D eigenvalue weighted by atomic mass is 16.1. The van der Waals surface area contributed by atoms with Gasteiger partial charge in [-0.1, -0.05) is 24.3 Å². The van der Waals surface area contributed by atoms with Crippen LogP contribution in [0.3, 0.4) is 0 Å². The molecule has 0 aromatic heterocycles. The van der Waals surface area contributed by atoms with Crippen molar-refractivity contribution in [3.05, 3.63) is 64.7 Å². The summed E-state index contributed by atoms with van der Waals surface area (Å²) in [6.45, 7) is 6.14. The van der Waals surface area contributed by atoms with E-state index in [1.165, 1.54) is 24.9 Å². The molecule has 0 spiro atoms. The third kappa shape index (κ3) is 4.57. The zero-order chi connectivity index (χ0) is 19.2. The van der Waals surface area contributed by atoms with Crippen molar-refractivity contribution in [3.63, 3.8) is 0 Å². The van der Waals surface area contributed by atoms with Gasteiger partial charge in [-0.3, -0.25) is 4.79 Å². The van der Waals surface area contributed by atoms with Gasteiger partial charge >= 0.3 is 0 Å². The molecule has 1 N–H and O–H groups in total. The maximum atomic E-state index is 12.5. The number of carbonyl (C=O) groups is 1. The molecule has 1 heterocycles. The molecule has 4 nitrogen and oxygen atoms in total. The second-order valence-corrected chi connectivity index (χ2v) is 7.01. The number of nitriles is 1. The minimum absolute atomic E-state index is 0.0987. The van der Waals surface area contributed by atoms with Gasteiger partial charge in [0, 0.05) is 24.5 Å². The van der Waals surface area contributed by atoms with E-state index < -0.39 is 0 Å². The van der Waals surface area contributed by atoms with E-state index in [1.54, 1.807) is 6.08 Å². The van der Waals surface area contributed by atoms with Crippen molar-refractivity contribution < 1.29 is 4.79 Å². The first kappa shape index (κ1) is 18.7. The fourth-order valence-corrected chi connectivity index (χ4v) is 3.32. The van der Waals surface area contributed by atoms with E-state index in [2.05, 4.69) is 22.3 Å². The van der Waals surface area contributed by atoms with E-state index in [0.29, 0.717) is 0 Å². The number of amides is 1. The lowest BCUT2D eigenvalue weighted by molar-refractivity contribution is -0.112. The monoisotopic (exact) mass is 359 g/mol. The molecule has 138 valence electrons. The van der Waals surface area contributed by atoms with Crippen molar-refractivity contribution in [2.24, 2.45) is 0 Å². The summed E-state index contributed by atoms with van der Waals surface area (Å²) in [7, 11) is 0. The molecule has 1 aliphatic heterocycles. The molecule has 1 amide bonds. The summed E-state index contributed by atoms with van der Waals surface area (Å²) < 4.78 is 0. The van der Waals surface area contributed by atoms with Crippen molar-refractivity contribution >= 4 is 23.4 Å². The molecule has 0 radical (unpaired) electrons. The molecule has 27 heavy (non-hydrogen) atoms. The average molecular weight is 359 g/mol. The standard InChI is InChI=1S/C23H25N3O/c1-17-7-6-8-22(18(17)2)25-23(27)20(16-24)15-19-9-11-21(12-10-19)26-13-4-3-5-14-26/h6-12,15H,3-5,13-14H2,1-2H3,(H,25,27)/b20-15+. The largest absolute Gasteiger partial charge is 0.372 e.